The van der Waals surface area contributed by atoms with Crippen molar-refractivity contribution in [2.24, 2.45) is 0 Å². The number of nitrogens with one attached hydrogen (secondary N) is 3. The van der Waals surface area contributed by atoms with E-state index in [2.05, 4.69) is 15.8 Å². The van der Waals surface area contributed by atoms with E-state index in [1.54, 1.807) is 30.3 Å². The number of fused-ring (bicyclic) bond motifs is 1. The first-order chi connectivity index (χ1) is 10.6. The molecule has 1 aromatic heterocycles. The fraction of sp³-hybridized carbons (Fsp3) is 0.0588. The van der Waals surface area contributed by atoms with Crippen molar-refractivity contribution in [2.45, 2.75) is 6.92 Å². The molecule has 0 saturated carbocycles. The van der Waals surface area contributed by atoms with E-state index in [9.17, 15) is 9.59 Å². The lowest BCUT2D eigenvalue weighted by Gasteiger charge is -2.06. The molecule has 0 aliphatic heterocycles. The van der Waals surface area contributed by atoms with Gasteiger partial charge in [0.15, 0.2) is 0 Å². The zero-order valence-corrected chi connectivity index (χ0v) is 12.0. The van der Waals surface area contributed by atoms with Crippen molar-refractivity contribution in [1.82, 2.24) is 15.8 Å². The van der Waals surface area contributed by atoms with Gasteiger partial charge in [0.1, 0.15) is 5.69 Å². The first-order valence-electron chi connectivity index (χ1n) is 6.88. The minimum absolute atomic E-state index is 0.360. The number of carbonyl (C=O) groups is 2. The zero-order valence-electron chi connectivity index (χ0n) is 12.0. The summed E-state index contributed by atoms with van der Waals surface area (Å²) in [5, 5.41) is 0.949. The summed E-state index contributed by atoms with van der Waals surface area (Å²) in [5.41, 5.74) is 7.67. The molecule has 22 heavy (non-hydrogen) atoms. The molecular weight excluding hydrogens is 278 g/mol. The number of hydrazine groups is 1. The second-order valence-corrected chi connectivity index (χ2v) is 5.05. The van der Waals surface area contributed by atoms with Crippen LogP contribution in [0.3, 0.4) is 0 Å². The minimum Gasteiger partial charge on any atom is -0.350 e. The van der Waals surface area contributed by atoms with Crippen molar-refractivity contribution in [3.8, 4) is 0 Å². The maximum atomic E-state index is 12.1. The van der Waals surface area contributed by atoms with Gasteiger partial charge in [-0.2, -0.15) is 0 Å². The molecule has 0 aliphatic rings. The third-order valence-corrected chi connectivity index (χ3v) is 3.35. The third kappa shape index (κ3) is 2.83. The van der Waals surface area contributed by atoms with E-state index in [1.165, 1.54) is 0 Å². The first kappa shape index (κ1) is 13.9. The summed E-state index contributed by atoms with van der Waals surface area (Å²) in [7, 11) is 0. The van der Waals surface area contributed by atoms with Crippen LogP contribution in [-0.4, -0.2) is 16.8 Å². The van der Waals surface area contributed by atoms with Gasteiger partial charge in [0.2, 0.25) is 0 Å². The monoisotopic (exact) mass is 293 g/mol. The number of aromatic nitrogens is 1. The number of amides is 2. The highest BCUT2D eigenvalue weighted by Crippen LogP contribution is 2.16. The minimum atomic E-state index is -0.391. The van der Waals surface area contributed by atoms with Gasteiger partial charge in [-0.3, -0.25) is 20.4 Å². The van der Waals surface area contributed by atoms with Crippen molar-refractivity contribution in [2.75, 3.05) is 0 Å². The van der Waals surface area contributed by atoms with E-state index in [0.717, 1.165) is 16.5 Å². The Labute approximate surface area is 127 Å². The molecule has 0 radical (unpaired) electrons. The van der Waals surface area contributed by atoms with Crippen molar-refractivity contribution in [3.05, 3.63) is 71.4 Å². The van der Waals surface area contributed by atoms with Gasteiger partial charge < -0.3 is 4.98 Å². The number of carbonyl (C=O) groups excluding carboxylic acids is 2. The van der Waals surface area contributed by atoms with Crippen LogP contribution < -0.4 is 10.9 Å². The number of hydrogen-bond acceptors (Lipinski definition) is 2. The van der Waals surface area contributed by atoms with Crippen LogP contribution in [0.1, 0.15) is 26.4 Å². The molecule has 0 spiro atoms. The number of aromatic amines is 1. The van der Waals surface area contributed by atoms with E-state index in [4.69, 9.17) is 0 Å². The average molecular weight is 293 g/mol. The summed E-state index contributed by atoms with van der Waals surface area (Å²) < 4.78 is 0. The van der Waals surface area contributed by atoms with Gasteiger partial charge in [-0.25, -0.2) is 0 Å². The molecule has 2 amide bonds. The van der Waals surface area contributed by atoms with Gasteiger partial charge in [0, 0.05) is 16.5 Å². The summed E-state index contributed by atoms with van der Waals surface area (Å²) >= 11 is 0. The highest BCUT2D eigenvalue weighted by molar-refractivity contribution is 6.00. The van der Waals surface area contributed by atoms with Crippen LogP contribution in [0.2, 0.25) is 0 Å². The fourth-order valence-electron chi connectivity index (χ4n) is 2.21. The fourth-order valence-corrected chi connectivity index (χ4v) is 2.21. The van der Waals surface area contributed by atoms with Gasteiger partial charge in [-0.05, 0) is 36.8 Å². The van der Waals surface area contributed by atoms with Crippen molar-refractivity contribution in [3.63, 3.8) is 0 Å². The lowest BCUT2D eigenvalue weighted by molar-refractivity contribution is 0.0844. The van der Waals surface area contributed by atoms with E-state index in [1.807, 2.05) is 31.2 Å². The predicted molar refractivity (Wildman–Crippen MR) is 84.4 cm³/mol. The highest BCUT2D eigenvalue weighted by atomic mass is 16.2. The molecule has 5 nitrogen and oxygen atoms in total. The topological polar surface area (TPSA) is 74.0 Å². The highest BCUT2D eigenvalue weighted by Gasteiger charge is 2.11. The number of rotatable bonds is 2. The summed E-state index contributed by atoms with van der Waals surface area (Å²) in [6, 6.07) is 16.3. The molecule has 0 unspecified atom stereocenters. The van der Waals surface area contributed by atoms with Crippen molar-refractivity contribution in [1.29, 1.82) is 0 Å². The van der Waals surface area contributed by atoms with E-state index in [-0.39, 0.29) is 5.91 Å². The molecule has 0 bridgehead atoms. The maximum absolute atomic E-state index is 12.1. The van der Waals surface area contributed by atoms with Gasteiger partial charge in [-0.15, -0.1) is 0 Å². The van der Waals surface area contributed by atoms with Crippen molar-refractivity contribution >= 4 is 22.7 Å². The molecule has 0 saturated heterocycles. The molecule has 1 heterocycles. The summed E-state index contributed by atoms with van der Waals surface area (Å²) in [4.78, 5) is 27.0. The lowest BCUT2D eigenvalue weighted by Crippen LogP contribution is -2.41. The molecule has 3 N–H and O–H groups in total. The van der Waals surface area contributed by atoms with Crippen LogP contribution in [0.15, 0.2) is 54.6 Å². The summed E-state index contributed by atoms with van der Waals surface area (Å²) in [6.45, 7) is 1.99. The molecule has 5 heteroatoms. The van der Waals surface area contributed by atoms with E-state index in [0.29, 0.717) is 11.3 Å². The number of benzene rings is 2. The quantitative estimate of drug-likeness (QED) is 0.635. The number of H-pyrrole nitrogens is 1. The molecule has 0 aliphatic carbocycles. The van der Waals surface area contributed by atoms with Crippen LogP contribution in [-0.2, 0) is 0 Å². The average Bonchev–Trinajstić information content (AvgIpc) is 2.96. The Morgan fingerprint density at radius 1 is 0.909 bits per heavy atom. The SMILES string of the molecule is Cc1ccc2cc(C(=O)NNC(=O)c3ccccc3)[nH]c2c1. The van der Waals surface area contributed by atoms with Crippen LogP contribution in [0.4, 0.5) is 0 Å². The standard InChI is InChI=1S/C17H15N3O2/c1-11-7-8-13-10-15(18-14(13)9-11)17(22)20-19-16(21)12-5-3-2-4-6-12/h2-10,18H,1H3,(H,19,21)(H,20,22). The van der Waals surface area contributed by atoms with Gasteiger partial charge in [0.05, 0.1) is 0 Å². The molecule has 2 aromatic carbocycles. The lowest BCUT2D eigenvalue weighted by atomic mass is 10.2. The molecule has 0 atom stereocenters. The Bertz CT molecular complexity index is 837. The summed E-state index contributed by atoms with van der Waals surface area (Å²) in [6.07, 6.45) is 0. The van der Waals surface area contributed by atoms with Crippen molar-refractivity contribution < 1.29 is 9.59 Å². The Morgan fingerprint density at radius 2 is 1.64 bits per heavy atom. The van der Waals surface area contributed by atoms with Gasteiger partial charge in [0.25, 0.3) is 11.8 Å². The normalized spacial score (nSPS) is 10.4. The van der Waals surface area contributed by atoms with Gasteiger partial charge in [-0.1, -0.05) is 30.3 Å². The number of aryl methyl sites for hydroxylation is 1. The first-order valence-corrected chi connectivity index (χ1v) is 6.88. The zero-order chi connectivity index (χ0) is 15.5. The second kappa shape index (κ2) is 5.73. The third-order valence-electron chi connectivity index (χ3n) is 3.35. The van der Waals surface area contributed by atoms with Crippen LogP contribution in [0.5, 0.6) is 0 Å². The molecule has 3 rings (SSSR count). The Kier molecular flexibility index (Phi) is 3.62. The molecule has 110 valence electrons. The molecule has 3 aromatic rings. The smallest absolute Gasteiger partial charge is 0.286 e. The Morgan fingerprint density at radius 3 is 2.41 bits per heavy atom. The van der Waals surface area contributed by atoms with Crippen LogP contribution in [0, 0.1) is 6.92 Å². The Balaban J connectivity index is 1.69. The van der Waals surface area contributed by atoms with Crippen LogP contribution >= 0.6 is 0 Å². The van der Waals surface area contributed by atoms with E-state index >= 15 is 0 Å². The molecule has 0 fully saturated rings. The van der Waals surface area contributed by atoms with Gasteiger partial charge >= 0.3 is 0 Å². The largest absolute Gasteiger partial charge is 0.350 e. The Hall–Kier alpha value is -3.08. The molecular formula is C17H15N3O2. The maximum Gasteiger partial charge on any atom is 0.286 e. The van der Waals surface area contributed by atoms with Crippen LogP contribution in [0.25, 0.3) is 10.9 Å². The number of hydrogen-bond donors (Lipinski definition) is 3. The predicted octanol–water partition coefficient (Wildman–Crippen LogP) is 2.55. The van der Waals surface area contributed by atoms with E-state index < -0.39 is 5.91 Å². The summed E-state index contributed by atoms with van der Waals surface area (Å²) in [5.74, 6) is -0.751. The second-order valence-electron chi connectivity index (χ2n) is 5.05.